The van der Waals surface area contributed by atoms with Gasteiger partial charge in [-0.1, -0.05) is 11.6 Å². The first kappa shape index (κ1) is 14.7. The van der Waals surface area contributed by atoms with E-state index >= 15 is 0 Å². The van der Waals surface area contributed by atoms with Gasteiger partial charge in [-0.15, -0.1) is 0 Å². The number of furan rings is 1. The molecule has 7 heteroatoms. The van der Waals surface area contributed by atoms with Crippen LogP contribution < -0.4 is 14.8 Å². The predicted molar refractivity (Wildman–Crippen MR) is 78.9 cm³/mol. The Kier molecular flexibility index (Phi) is 4.57. The molecule has 106 valence electrons. The normalized spacial score (nSPS) is 10.2. The number of ether oxygens (including phenoxy) is 2. The van der Waals surface area contributed by atoms with Crippen molar-refractivity contribution in [2.45, 2.75) is 0 Å². The molecule has 0 atom stereocenters. The number of halogens is 2. The van der Waals surface area contributed by atoms with Crippen molar-refractivity contribution in [2.75, 3.05) is 19.5 Å². The van der Waals surface area contributed by atoms with Crippen molar-refractivity contribution in [1.82, 2.24) is 0 Å². The second kappa shape index (κ2) is 6.19. The third-order valence-electron chi connectivity index (χ3n) is 2.58. The Hall–Kier alpha value is -1.66. The highest BCUT2D eigenvalue weighted by Gasteiger charge is 2.16. The second-order valence-corrected chi connectivity index (χ2v) is 4.88. The van der Waals surface area contributed by atoms with Crippen LogP contribution in [0.15, 0.2) is 33.5 Å². The van der Waals surface area contributed by atoms with Crippen LogP contribution >= 0.6 is 27.5 Å². The van der Waals surface area contributed by atoms with E-state index in [4.69, 9.17) is 25.5 Å². The van der Waals surface area contributed by atoms with Gasteiger partial charge >= 0.3 is 0 Å². The number of methoxy groups -OCH3 is 2. The van der Waals surface area contributed by atoms with Crippen LogP contribution in [0.1, 0.15) is 10.4 Å². The van der Waals surface area contributed by atoms with Gasteiger partial charge < -0.3 is 19.2 Å². The van der Waals surface area contributed by atoms with Gasteiger partial charge in [-0.3, -0.25) is 4.79 Å². The molecule has 0 aliphatic rings. The molecule has 0 spiro atoms. The molecule has 1 aromatic heterocycles. The first-order valence-corrected chi connectivity index (χ1v) is 6.69. The van der Waals surface area contributed by atoms with E-state index in [9.17, 15) is 4.79 Å². The van der Waals surface area contributed by atoms with Crippen molar-refractivity contribution in [1.29, 1.82) is 0 Å². The Bertz CT molecular complexity index is 641. The fourth-order valence-corrected chi connectivity index (χ4v) is 2.22. The molecule has 0 aliphatic heterocycles. The van der Waals surface area contributed by atoms with Crippen molar-refractivity contribution in [2.24, 2.45) is 0 Å². The molecule has 0 fully saturated rings. The fraction of sp³-hybridized carbons (Fsp3) is 0.154. The third-order valence-corrected chi connectivity index (χ3v) is 3.51. The number of rotatable bonds is 4. The Balaban J connectivity index is 2.30. The molecule has 2 aromatic rings. The van der Waals surface area contributed by atoms with E-state index in [-0.39, 0.29) is 5.91 Å². The fourth-order valence-electron chi connectivity index (χ4n) is 1.60. The maximum atomic E-state index is 12.1. The molecule has 0 saturated carbocycles. The second-order valence-electron chi connectivity index (χ2n) is 3.75. The minimum Gasteiger partial charge on any atom is -0.493 e. The summed E-state index contributed by atoms with van der Waals surface area (Å²) in [4.78, 5) is 12.1. The molecular formula is C13H11BrClNO4. The minimum absolute atomic E-state index is 0.343. The van der Waals surface area contributed by atoms with Crippen molar-refractivity contribution in [3.63, 3.8) is 0 Å². The first-order chi connectivity index (χ1) is 9.56. The highest BCUT2D eigenvalue weighted by atomic mass is 79.9. The van der Waals surface area contributed by atoms with Gasteiger partial charge in [0, 0.05) is 12.1 Å². The maximum absolute atomic E-state index is 12.1. The summed E-state index contributed by atoms with van der Waals surface area (Å²) in [6.45, 7) is 0. The first-order valence-electron chi connectivity index (χ1n) is 5.52. The molecule has 0 unspecified atom stereocenters. The predicted octanol–water partition coefficient (Wildman–Crippen LogP) is 3.97. The van der Waals surface area contributed by atoms with Crippen LogP contribution in [0.4, 0.5) is 5.69 Å². The Morgan fingerprint density at radius 3 is 2.50 bits per heavy atom. The SMILES string of the molecule is COc1cc(Cl)c(NC(=O)c2ccoc2Br)cc1OC. The summed E-state index contributed by atoms with van der Waals surface area (Å²) < 4.78 is 15.7. The molecule has 0 aliphatic carbocycles. The van der Waals surface area contributed by atoms with Crippen LogP contribution in [0.5, 0.6) is 11.5 Å². The van der Waals surface area contributed by atoms with Crippen molar-refractivity contribution in [3.05, 3.63) is 39.7 Å². The zero-order valence-electron chi connectivity index (χ0n) is 10.7. The van der Waals surface area contributed by atoms with E-state index in [2.05, 4.69) is 21.2 Å². The van der Waals surface area contributed by atoms with Gasteiger partial charge in [-0.2, -0.15) is 0 Å². The molecule has 2 rings (SSSR count). The largest absolute Gasteiger partial charge is 0.493 e. The van der Waals surface area contributed by atoms with E-state index in [0.717, 1.165) is 0 Å². The van der Waals surface area contributed by atoms with Gasteiger partial charge in [0.2, 0.25) is 0 Å². The van der Waals surface area contributed by atoms with Gasteiger partial charge in [0.25, 0.3) is 5.91 Å². The molecule has 5 nitrogen and oxygen atoms in total. The highest BCUT2D eigenvalue weighted by Crippen LogP contribution is 2.36. The lowest BCUT2D eigenvalue weighted by Gasteiger charge is -2.12. The van der Waals surface area contributed by atoms with E-state index in [0.29, 0.717) is 32.4 Å². The minimum atomic E-state index is -0.347. The third kappa shape index (κ3) is 2.91. The lowest BCUT2D eigenvalue weighted by atomic mass is 10.2. The molecule has 1 heterocycles. The molecule has 1 aromatic carbocycles. The van der Waals surface area contributed by atoms with Gasteiger partial charge in [0.15, 0.2) is 16.2 Å². The summed E-state index contributed by atoms with van der Waals surface area (Å²) in [6.07, 6.45) is 1.41. The van der Waals surface area contributed by atoms with Crippen molar-refractivity contribution < 1.29 is 18.7 Å². The van der Waals surface area contributed by atoms with Crippen LogP contribution in [-0.2, 0) is 0 Å². The highest BCUT2D eigenvalue weighted by molar-refractivity contribution is 9.10. The molecule has 0 bridgehead atoms. The average Bonchev–Trinajstić information content (AvgIpc) is 2.86. The van der Waals surface area contributed by atoms with Crippen LogP contribution in [0.3, 0.4) is 0 Å². The van der Waals surface area contributed by atoms with Gasteiger partial charge in [0.05, 0.1) is 36.8 Å². The Morgan fingerprint density at radius 2 is 1.95 bits per heavy atom. The zero-order valence-corrected chi connectivity index (χ0v) is 13.0. The number of benzene rings is 1. The summed E-state index contributed by atoms with van der Waals surface area (Å²) in [5.74, 6) is 0.609. The standard InChI is InChI=1S/C13H11BrClNO4/c1-18-10-5-8(15)9(6-11(10)19-2)16-13(17)7-3-4-20-12(7)14/h3-6H,1-2H3,(H,16,17). The summed E-state index contributed by atoms with van der Waals surface area (Å²) in [5.41, 5.74) is 0.790. The summed E-state index contributed by atoms with van der Waals surface area (Å²) in [7, 11) is 3.01. The lowest BCUT2D eigenvalue weighted by molar-refractivity contribution is 0.102. The number of amides is 1. The zero-order chi connectivity index (χ0) is 14.7. The number of anilines is 1. The lowest BCUT2D eigenvalue weighted by Crippen LogP contribution is -2.12. The van der Waals surface area contributed by atoms with E-state index < -0.39 is 0 Å². The van der Waals surface area contributed by atoms with Crippen LogP contribution in [0.25, 0.3) is 0 Å². The maximum Gasteiger partial charge on any atom is 0.260 e. The molecule has 20 heavy (non-hydrogen) atoms. The summed E-state index contributed by atoms with van der Waals surface area (Å²) in [5, 5.41) is 3.03. The van der Waals surface area contributed by atoms with Crippen LogP contribution in [0, 0.1) is 0 Å². The Morgan fingerprint density at radius 1 is 1.30 bits per heavy atom. The quantitative estimate of drug-likeness (QED) is 0.896. The van der Waals surface area contributed by atoms with E-state index in [1.165, 1.54) is 20.5 Å². The number of hydrogen-bond donors (Lipinski definition) is 1. The average molecular weight is 361 g/mol. The number of hydrogen-bond acceptors (Lipinski definition) is 4. The molecule has 1 N–H and O–H groups in total. The monoisotopic (exact) mass is 359 g/mol. The smallest absolute Gasteiger partial charge is 0.260 e. The topological polar surface area (TPSA) is 60.7 Å². The molecule has 0 saturated heterocycles. The molecule has 1 amide bonds. The molecule has 0 radical (unpaired) electrons. The van der Waals surface area contributed by atoms with E-state index in [1.807, 2.05) is 0 Å². The van der Waals surface area contributed by atoms with Crippen LogP contribution in [-0.4, -0.2) is 20.1 Å². The molecular weight excluding hydrogens is 350 g/mol. The Labute approximate surface area is 128 Å². The van der Waals surface area contributed by atoms with Crippen LogP contribution in [0.2, 0.25) is 5.02 Å². The summed E-state index contributed by atoms with van der Waals surface area (Å²) >= 11 is 9.24. The van der Waals surface area contributed by atoms with Gasteiger partial charge in [0.1, 0.15) is 0 Å². The number of carbonyl (C=O) groups excluding carboxylic acids is 1. The van der Waals surface area contributed by atoms with Gasteiger partial charge in [-0.25, -0.2) is 0 Å². The number of carbonyl (C=O) groups is 1. The van der Waals surface area contributed by atoms with Crippen molar-refractivity contribution in [3.8, 4) is 11.5 Å². The number of nitrogens with one attached hydrogen (secondary N) is 1. The van der Waals surface area contributed by atoms with Gasteiger partial charge in [-0.05, 0) is 22.0 Å². The summed E-state index contributed by atoms with van der Waals surface area (Å²) in [6, 6.07) is 4.71. The van der Waals surface area contributed by atoms with E-state index in [1.54, 1.807) is 18.2 Å². The van der Waals surface area contributed by atoms with Crippen molar-refractivity contribution >= 4 is 39.1 Å².